The standard InChI is InChI=1S/C16H27N3O2/c1-5-11(2)16(20)17-14-6-8-19(9-7-14)10-15-12(3)18-21-13(15)4/h11,14H,5-10H2,1-4H3,(H,17,20)/t11-/m1/s1. The summed E-state index contributed by atoms with van der Waals surface area (Å²) in [5.41, 5.74) is 2.19. The summed E-state index contributed by atoms with van der Waals surface area (Å²) in [6.45, 7) is 10.9. The van der Waals surface area contributed by atoms with Crippen LogP contribution in [0.5, 0.6) is 0 Å². The summed E-state index contributed by atoms with van der Waals surface area (Å²) < 4.78 is 5.22. The molecular weight excluding hydrogens is 266 g/mol. The number of rotatable bonds is 5. The van der Waals surface area contributed by atoms with Crippen molar-refractivity contribution in [2.45, 2.75) is 59.5 Å². The first-order valence-electron chi connectivity index (χ1n) is 7.95. The third-order valence-corrected chi connectivity index (χ3v) is 4.56. The Bertz CT molecular complexity index is 456. The first-order valence-corrected chi connectivity index (χ1v) is 7.95. The van der Waals surface area contributed by atoms with Crippen LogP contribution < -0.4 is 5.32 Å². The topological polar surface area (TPSA) is 58.4 Å². The Kier molecular flexibility index (Phi) is 5.39. The molecule has 1 aliphatic rings. The Balaban J connectivity index is 1.80. The fraction of sp³-hybridized carbons (Fsp3) is 0.750. The third-order valence-electron chi connectivity index (χ3n) is 4.56. The molecule has 0 radical (unpaired) electrons. The van der Waals surface area contributed by atoms with Crippen molar-refractivity contribution >= 4 is 5.91 Å². The second-order valence-corrected chi connectivity index (χ2v) is 6.17. The van der Waals surface area contributed by atoms with Crippen LogP contribution in [0.2, 0.25) is 0 Å². The fourth-order valence-corrected chi connectivity index (χ4v) is 2.72. The zero-order chi connectivity index (χ0) is 15.4. The van der Waals surface area contributed by atoms with Crippen molar-refractivity contribution in [3.8, 4) is 0 Å². The molecule has 1 fully saturated rings. The maximum atomic E-state index is 11.9. The van der Waals surface area contributed by atoms with Gasteiger partial charge in [0.2, 0.25) is 5.91 Å². The molecule has 2 heterocycles. The zero-order valence-electron chi connectivity index (χ0n) is 13.6. The van der Waals surface area contributed by atoms with Gasteiger partial charge in [0.1, 0.15) is 5.76 Å². The Morgan fingerprint density at radius 1 is 1.43 bits per heavy atom. The molecule has 0 aromatic carbocycles. The van der Waals surface area contributed by atoms with Gasteiger partial charge in [0.15, 0.2) is 0 Å². The van der Waals surface area contributed by atoms with E-state index in [1.54, 1.807) is 0 Å². The summed E-state index contributed by atoms with van der Waals surface area (Å²) in [6, 6.07) is 0.326. The van der Waals surface area contributed by atoms with Gasteiger partial charge in [0.25, 0.3) is 0 Å². The van der Waals surface area contributed by atoms with E-state index in [1.165, 1.54) is 5.56 Å². The lowest BCUT2D eigenvalue weighted by Gasteiger charge is -2.32. The van der Waals surface area contributed by atoms with Gasteiger partial charge in [0, 0.05) is 37.2 Å². The fourth-order valence-electron chi connectivity index (χ4n) is 2.72. The van der Waals surface area contributed by atoms with Gasteiger partial charge in [-0.05, 0) is 33.1 Å². The lowest BCUT2D eigenvalue weighted by atomic mass is 10.0. The summed E-state index contributed by atoms with van der Waals surface area (Å²) in [5.74, 6) is 1.23. The van der Waals surface area contributed by atoms with Crippen LogP contribution in [0, 0.1) is 19.8 Å². The highest BCUT2D eigenvalue weighted by atomic mass is 16.5. The molecule has 1 amide bonds. The Morgan fingerprint density at radius 2 is 2.10 bits per heavy atom. The number of hydrogen-bond donors (Lipinski definition) is 1. The Hall–Kier alpha value is -1.36. The summed E-state index contributed by atoms with van der Waals surface area (Å²) in [5, 5.41) is 7.18. The van der Waals surface area contributed by atoms with Gasteiger partial charge in [-0.15, -0.1) is 0 Å². The van der Waals surface area contributed by atoms with Crippen LogP contribution in [0.1, 0.15) is 50.1 Å². The second kappa shape index (κ2) is 7.07. The van der Waals surface area contributed by atoms with E-state index in [-0.39, 0.29) is 11.8 Å². The van der Waals surface area contributed by atoms with E-state index in [9.17, 15) is 4.79 Å². The molecule has 0 bridgehead atoms. The van der Waals surface area contributed by atoms with Crippen LogP contribution in [-0.4, -0.2) is 35.1 Å². The van der Waals surface area contributed by atoms with Gasteiger partial charge in [-0.3, -0.25) is 9.69 Å². The van der Waals surface area contributed by atoms with Gasteiger partial charge in [-0.1, -0.05) is 19.0 Å². The molecule has 1 aromatic heterocycles. The quantitative estimate of drug-likeness (QED) is 0.906. The van der Waals surface area contributed by atoms with Crippen LogP contribution in [0.15, 0.2) is 4.52 Å². The summed E-state index contributed by atoms with van der Waals surface area (Å²) in [6.07, 6.45) is 2.94. The molecule has 5 heteroatoms. The van der Waals surface area contributed by atoms with Crippen LogP contribution in [0.3, 0.4) is 0 Å². The van der Waals surface area contributed by atoms with Crippen molar-refractivity contribution in [1.29, 1.82) is 0 Å². The number of piperidine rings is 1. The van der Waals surface area contributed by atoms with Crippen molar-refractivity contribution in [2.24, 2.45) is 5.92 Å². The number of amides is 1. The van der Waals surface area contributed by atoms with Crippen molar-refractivity contribution in [2.75, 3.05) is 13.1 Å². The predicted molar refractivity (Wildman–Crippen MR) is 81.9 cm³/mol. The van der Waals surface area contributed by atoms with Gasteiger partial charge in [-0.25, -0.2) is 0 Å². The Morgan fingerprint density at radius 3 is 2.62 bits per heavy atom. The first kappa shape index (κ1) is 16.0. The Labute approximate surface area is 127 Å². The van der Waals surface area contributed by atoms with Crippen molar-refractivity contribution in [1.82, 2.24) is 15.4 Å². The molecule has 1 atom stereocenters. The summed E-state index contributed by atoms with van der Waals surface area (Å²) in [7, 11) is 0. The van der Waals surface area contributed by atoms with Crippen molar-refractivity contribution in [3.05, 3.63) is 17.0 Å². The maximum Gasteiger partial charge on any atom is 0.223 e. The molecule has 1 saturated heterocycles. The van der Waals surface area contributed by atoms with Crippen LogP contribution >= 0.6 is 0 Å². The number of nitrogens with one attached hydrogen (secondary N) is 1. The lowest BCUT2D eigenvalue weighted by molar-refractivity contribution is -0.125. The number of carbonyl (C=O) groups excluding carboxylic acids is 1. The summed E-state index contributed by atoms with van der Waals surface area (Å²) >= 11 is 0. The van der Waals surface area contributed by atoms with Gasteiger partial charge >= 0.3 is 0 Å². The van der Waals surface area contributed by atoms with E-state index in [0.717, 1.165) is 50.4 Å². The van der Waals surface area contributed by atoms with Gasteiger partial charge in [0.05, 0.1) is 5.69 Å². The minimum absolute atomic E-state index is 0.116. The minimum Gasteiger partial charge on any atom is -0.361 e. The number of nitrogens with zero attached hydrogens (tertiary/aromatic N) is 2. The van der Waals surface area contributed by atoms with E-state index in [1.807, 2.05) is 20.8 Å². The lowest BCUT2D eigenvalue weighted by Crippen LogP contribution is -2.45. The van der Waals surface area contributed by atoms with Crippen LogP contribution in [0.25, 0.3) is 0 Å². The average Bonchev–Trinajstić information content (AvgIpc) is 2.80. The minimum atomic E-state index is 0.116. The zero-order valence-corrected chi connectivity index (χ0v) is 13.6. The summed E-state index contributed by atoms with van der Waals surface area (Å²) in [4.78, 5) is 14.3. The SMILES string of the molecule is CC[C@@H](C)C(=O)NC1CCN(Cc2c(C)noc2C)CC1. The highest BCUT2D eigenvalue weighted by Gasteiger charge is 2.23. The van der Waals surface area contributed by atoms with Crippen LogP contribution in [-0.2, 0) is 11.3 Å². The van der Waals surface area contributed by atoms with Gasteiger partial charge < -0.3 is 9.84 Å². The number of carbonyl (C=O) groups is 1. The smallest absolute Gasteiger partial charge is 0.223 e. The largest absolute Gasteiger partial charge is 0.361 e. The van der Waals surface area contributed by atoms with Crippen molar-refractivity contribution < 1.29 is 9.32 Å². The highest BCUT2D eigenvalue weighted by Crippen LogP contribution is 2.19. The molecule has 21 heavy (non-hydrogen) atoms. The van der Waals surface area contributed by atoms with Crippen molar-refractivity contribution in [3.63, 3.8) is 0 Å². The molecule has 0 spiro atoms. The predicted octanol–water partition coefficient (Wildman–Crippen LogP) is 2.42. The number of aromatic nitrogens is 1. The number of aryl methyl sites for hydroxylation is 2. The van der Waals surface area contributed by atoms with E-state index < -0.39 is 0 Å². The molecular formula is C16H27N3O2. The molecule has 1 aliphatic heterocycles. The van der Waals surface area contributed by atoms with E-state index in [0.29, 0.717) is 6.04 Å². The maximum absolute atomic E-state index is 11.9. The monoisotopic (exact) mass is 293 g/mol. The molecule has 118 valence electrons. The highest BCUT2D eigenvalue weighted by molar-refractivity contribution is 5.78. The molecule has 5 nitrogen and oxygen atoms in total. The first-order chi connectivity index (χ1) is 10.0. The normalized spacial score (nSPS) is 18.7. The molecule has 1 N–H and O–H groups in total. The van der Waals surface area contributed by atoms with Crippen LogP contribution in [0.4, 0.5) is 0 Å². The van der Waals surface area contributed by atoms with E-state index in [2.05, 4.69) is 22.3 Å². The molecule has 0 aliphatic carbocycles. The molecule has 0 unspecified atom stereocenters. The second-order valence-electron chi connectivity index (χ2n) is 6.17. The number of hydrogen-bond acceptors (Lipinski definition) is 4. The molecule has 2 rings (SSSR count). The molecule has 1 aromatic rings. The van der Waals surface area contributed by atoms with E-state index >= 15 is 0 Å². The van der Waals surface area contributed by atoms with E-state index in [4.69, 9.17) is 4.52 Å². The third kappa shape index (κ3) is 4.06. The molecule has 0 saturated carbocycles. The average molecular weight is 293 g/mol. The van der Waals surface area contributed by atoms with Gasteiger partial charge in [-0.2, -0.15) is 0 Å². The number of likely N-dealkylation sites (tertiary alicyclic amines) is 1.